The van der Waals surface area contributed by atoms with E-state index in [1.807, 2.05) is 0 Å². The fraction of sp³-hybridized carbons (Fsp3) is 1.00. The molecule has 4 heteroatoms. The topological polar surface area (TPSA) is 43.4 Å². The van der Waals surface area contributed by atoms with Crippen LogP contribution < -0.4 is 0 Å². The third-order valence-electron chi connectivity index (χ3n) is 1.24. The summed E-state index contributed by atoms with van der Waals surface area (Å²) in [6.07, 6.45) is 1.58. The fourth-order valence-electron chi connectivity index (χ4n) is 1.19. The summed E-state index contributed by atoms with van der Waals surface area (Å²) in [4.78, 5) is 0. The maximum atomic E-state index is 10.7. The predicted molar refractivity (Wildman–Crippen MR) is 49.5 cm³/mol. The summed E-state index contributed by atoms with van der Waals surface area (Å²) in [5.74, 6) is 0. The van der Waals surface area contributed by atoms with Crippen LogP contribution in [-0.2, 0) is 14.3 Å². The van der Waals surface area contributed by atoms with E-state index in [1.165, 1.54) is 0 Å². The zero-order valence-corrected chi connectivity index (χ0v) is 9.23. The molecule has 0 aromatic rings. The zero-order chi connectivity index (χ0) is 9.99. The number of hydrogen-bond donors (Lipinski definition) is 0. The smallest absolute Gasteiger partial charge is 0.264 e. The molecular weight excluding hydrogens is 176 g/mol. The molecule has 0 amide bonds. The molecule has 0 aliphatic heterocycles. The average molecular weight is 194 g/mol. The van der Waals surface area contributed by atoms with Gasteiger partial charge in [0.1, 0.15) is 0 Å². The molecule has 0 N–H and O–H groups in total. The van der Waals surface area contributed by atoms with Crippen molar-refractivity contribution in [3.63, 3.8) is 0 Å². The molecule has 0 aromatic heterocycles. The molecular formula is C8H18O3S. The number of hydrogen-bond acceptors (Lipinski definition) is 3. The Morgan fingerprint density at radius 3 is 2.00 bits per heavy atom. The van der Waals surface area contributed by atoms with Gasteiger partial charge >= 0.3 is 0 Å². The summed E-state index contributed by atoms with van der Waals surface area (Å²) in [6.45, 7) is 7.92. The summed E-state index contributed by atoms with van der Waals surface area (Å²) < 4.78 is 26.2. The summed E-state index contributed by atoms with van der Waals surface area (Å²) in [6, 6.07) is 0. The van der Waals surface area contributed by atoms with E-state index in [0.717, 1.165) is 12.7 Å². The van der Waals surface area contributed by atoms with Gasteiger partial charge < -0.3 is 0 Å². The van der Waals surface area contributed by atoms with E-state index in [4.69, 9.17) is 4.18 Å². The zero-order valence-electron chi connectivity index (χ0n) is 8.42. The summed E-state index contributed by atoms with van der Waals surface area (Å²) in [5.41, 5.74) is 0.101. The van der Waals surface area contributed by atoms with Crippen LogP contribution in [0, 0.1) is 5.41 Å². The van der Waals surface area contributed by atoms with Gasteiger partial charge in [-0.25, -0.2) is 0 Å². The van der Waals surface area contributed by atoms with Crippen LogP contribution >= 0.6 is 0 Å². The van der Waals surface area contributed by atoms with E-state index < -0.39 is 10.1 Å². The summed E-state index contributed by atoms with van der Waals surface area (Å²) >= 11 is 0. The Hall–Kier alpha value is -0.0900. The molecule has 0 radical (unpaired) electrons. The molecule has 0 aliphatic rings. The lowest BCUT2D eigenvalue weighted by Gasteiger charge is -2.22. The molecule has 0 aliphatic carbocycles. The highest BCUT2D eigenvalue weighted by Crippen LogP contribution is 2.22. The van der Waals surface area contributed by atoms with Crippen LogP contribution in [0.15, 0.2) is 0 Å². The molecule has 0 saturated carbocycles. The van der Waals surface area contributed by atoms with Crippen molar-refractivity contribution in [3.05, 3.63) is 0 Å². The minimum absolute atomic E-state index is 0.101. The Kier molecular flexibility index (Phi) is 3.72. The van der Waals surface area contributed by atoms with Gasteiger partial charge in [-0.3, -0.25) is 4.18 Å². The Morgan fingerprint density at radius 1 is 1.33 bits per heavy atom. The molecule has 3 nitrogen and oxygen atoms in total. The Labute approximate surface area is 75.2 Å². The molecule has 12 heavy (non-hydrogen) atoms. The molecule has 74 valence electrons. The van der Waals surface area contributed by atoms with Gasteiger partial charge in [-0.15, -0.1) is 0 Å². The highest BCUT2D eigenvalue weighted by Gasteiger charge is 2.18. The minimum atomic E-state index is -3.30. The Morgan fingerprint density at radius 2 is 1.75 bits per heavy atom. The first-order chi connectivity index (χ1) is 5.10. The van der Waals surface area contributed by atoms with Crippen molar-refractivity contribution in [1.82, 2.24) is 0 Å². The summed E-state index contributed by atoms with van der Waals surface area (Å²) in [5, 5.41) is 0. The molecule has 1 unspecified atom stereocenters. The molecule has 0 heterocycles. The highest BCUT2D eigenvalue weighted by molar-refractivity contribution is 7.86. The van der Waals surface area contributed by atoms with Crippen LogP contribution in [0.25, 0.3) is 0 Å². The first-order valence-corrected chi connectivity index (χ1v) is 5.80. The quantitative estimate of drug-likeness (QED) is 0.643. The third kappa shape index (κ3) is 8.01. The lowest BCUT2D eigenvalue weighted by Crippen LogP contribution is -2.20. The maximum Gasteiger partial charge on any atom is 0.264 e. The van der Waals surface area contributed by atoms with Crippen molar-refractivity contribution < 1.29 is 12.6 Å². The van der Waals surface area contributed by atoms with Crippen molar-refractivity contribution >= 4 is 10.1 Å². The molecule has 0 rings (SSSR count). The average Bonchev–Trinajstić information content (AvgIpc) is 1.49. The van der Waals surface area contributed by atoms with Gasteiger partial charge in [0.25, 0.3) is 10.1 Å². The van der Waals surface area contributed by atoms with Gasteiger partial charge in [0.2, 0.25) is 0 Å². The normalized spacial score (nSPS) is 16.1. The first-order valence-electron chi connectivity index (χ1n) is 3.98. The van der Waals surface area contributed by atoms with E-state index >= 15 is 0 Å². The minimum Gasteiger partial charge on any atom is -0.267 e. The van der Waals surface area contributed by atoms with Crippen LogP contribution in [0.3, 0.4) is 0 Å². The van der Waals surface area contributed by atoms with Gasteiger partial charge in [-0.2, -0.15) is 8.42 Å². The van der Waals surface area contributed by atoms with Crippen molar-refractivity contribution in [2.45, 2.75) is 40.2 Å². The van der Waals surface area contributed by atoms with Gasteiger partial charge in [0.05, 0.1) is 12.4 Å². The fourth-order valence-corrected chi connectivity index (χ4v) is 1.86. The van der Waals surface area contributed by atoms with Crippen molar-refractivity contribution in [1.29, 1.82) is 0 Å². The van der Waals surface area contributed by atoms with Gasteiger partial charge in [0.15, 0.2) is 0 Å². The van der Waals surface area contributed by atoms with Crippen LogP contribution in [0.5, 0.6) is 0 Å². The highest BCUT2D eigenvalue weighted by atomic mass is 32.2. The molecule has 0 saturated heterocycles. The van der Waals surface area contributed by atoms with Crippen molar-refractivity contribution in [2.75, 3.05) is 6.26 Å². The third-order valence-corrected chi connectivity index (χ3v) is 1.92. The first kappa shape index (κ1) is 11.9. The van der Waals surface area contributed by atoms with Crippen LogP contribution in [0.4, 0.5) is 0 Å². The van der Waals surface area contributed by atoms with Crippen molar-refractivity contribution in [2.24, 2.45) is 5.41 Å². The predicted octanol–water partition coefficient (Wildman–Crippen LogP) is 1.79. The van der Waals surface area contributed by atoms with Gasteiger partial charge in [-0.1, -0.05) is 20.8 Å². The summed E-state index contributed by atoms with van der Waals surface area (Å²) in [7, 11) is -3.30. The van der Waals surface area contributed by atoms with E-state index in [1.54, 1.807) is 6.92 Å². The van der Waals surface area contributed by atoms with Crippen LogP contribution in [0.2, 0.25) is 0 Å². The molecule has 0 spiro atoms. The Balaban J connectivity index is 4.00. The maximum absolute atomic E-state index is 10.7. The standard InChI is InChI=1S/C8H18O3S/c1-7(6-8(2,3)4)11-12(5,9)10/h7H,6H2,1-5H3. The number of rotatable bonds is 3. The second-order valence-electron chi connectivity index (χ2n) is 4.38. The van der Waals surface area contributed by atoms with E-state index in [9.17, 15) is 8.42 Å². The van der Waals surface area contributed by atoms with E-state index in [-0.39, 0.29) is 11.5 Å². The molecule has 1 atom stereocenters. The lowest BCUT2D eigenvalue weighted by atomic mass is 9.90. The monoisotopic (exact) mass is 194 g/mol. The SMILES string of the molecule is CC(CC(C)(C)C)OS(C)(=O)=O. The van der Waals surface area contributed by atoms with E-state index in [0.29, 0.717) is 0 Å². The Bertz CT molecular complexity index is 223. The van der Waals surface area contributed by atoms with Gasteiger partial charge in [0, 0.05) is 0 Å². The van der Waals surface area contributed by atoms with Crippen LogP contribution in [0.1, 0.15) is 34.1 Å². The molecule has 0 aromatic carbocycles. The lowest BCUT2D eigenvalue weighted by molar-refractivity contribution is 0.168. The van der Waals surface area contributed by atoms with Gasteiger partial charge in [-0.05, 0) is 18.8 Å². The van der Waals surface area contributed by atoms with Crippen molar-refractivity contribution in [3.8, 4) is 0 Å². The largest absolute Gasteiger partial charge is 0.267 e. The molecule has 0 bridgehead atoms. The van der Waals surface area contributed by atoms with Crippen LogP contribution in [-0.4, -0.2) is 20.8 Å². The second-order valence-corrected chi connectivity index (χ2v) is 5.98. The molecule has 0 fully saturated rings. The second kappa shape index (κ2) is 3.75. The van der Waals surface area contributed by atoms with E-state index in [2.05, 4.69) is 20.8 Å².